The molecular weight excluding hydrogens is 488 g/mol. The second-order valence-corrected chi connectivity index (χ2v) is 10.4. The van der Waals surface area contributed by atoms with Gasteiger partial charge >= 0.3 is 0 Å². The van der Waals surface area contributed by atoms with Gasteiger partial charge in [0, 0.05) is 30.1 Å². The fourth-order valence-corrected chi connectivity index (χ4v) is 5.92. The normalized spacial score (nSPS) is 14.7. The van der Waals surface area contributed by atoms with Crippen LogP contribution in [0.5, 0.6) is 16.7 Å². The molecule has 0 N–H and O–H groups in total. The van der Waals surface area contributed by atoms with Crippen LogP contribution in [0.25, 0.3) is 21.9 Å². The van der Waals surface area contributed by atoms with Gasteiger partial charge in [0.25, 0.3) is 5.19 Å². The summed E-state index contributed by atoms with van der Waals surface area (Å²) in [6.45, 7) is 4.08. The van der Waals surface area contributed by atoms with E-state index in [-0.39, 0.29) is 0 Å². The van der Waals surface area contributed by atoms with Crippen LogP contribution in [0.4, 0.5) is 0 Å². The summed E-state index contributed by atoms with van der Waals surface area (Å²) in [6.07, 6.45) is 5.71. The highest BCUT2D eigenvalue weighted by atomic mass is 32.1. The van der Waals surface area contributed by atoms with Crippen LogP contribution in [0.2, 0.25) is 0 Å². The largest absolute Gasteiger partial charge is 0.495 e. The molecule has 0 amide bonds. The number of imidazole rings is 1. The molecule has 0 aromatic carbocycles. The molecule has 0 spiro atoms. The van der Waals surface area contributed by atoms with Crippen molar-refractivity contribution in [1.29, 1.82) is 0 Å². The van der Waals surface area contributed by atoms with Crippen molar-refractivity contribution in [1.82, 2.24) is 29.2 Å². The van der Waals surface area contributed by atoms with E-state index in [0.717, 1.165) is 47.9 Å². The third-order valence-electron chi connectivity index (χ3n) is 6.05. The minimum Gasteiger partial charge on any atom is -0.495 e. The summed E-state index contributed by atoms with van der Waals surface area (Å²) in [5, 5.41) is 10.8. The fourth-order valence-electron chi connectivity index (χ4n) is 4.13. The van der Waals surface area contributed by atoms with Gasteiger partial charge in [0.05, 0.1) is 37.3 Å². The predicted octanol–water partition coefficient (Wildman–Crippen LogP) is 4.36. The zero-order valence-corrected chi connectivity index (χ0v) is 21.2. The molecule has 35 heavy (non-hydrogen) atoms. The van der Waals surface area contributed by atoms with E-state index in [9.17, 15) is 0 Å². The summed E-state index contributed by atoms with van der Waals surface area (Å²) in [5.41, 5.74) is 3.22. The maximum absolute atomic E-state index is 6.28. The van der Waals surface area contributed by atoms with E-state index in [4.69, 9.17) is 29.0 Å². The van der Waals surface area contributed by atoms with E-state index in [1.165, 1.54) is 21.2 Å². The van der Waals surface area contributed by atoms with E-state index in [2.05, 4.69) is 17.0 Å². The highest BCUT2D eigenvalue weighted by Gasteiger charge is 2.21. The molecule has 0 aliphatic carbocycles. The molecule has 0 atom stereocenters. The number of hydrogen-bond donors (Lipinski definition) is 0. The smallest absolute Gasteiger partial charge is 0.294 e. The molecule has 182 valence electrons. The molecule has 5 aromatic heterocycles. The molecule has 0 saturated carbocycles. The number of methoxy groups -OCH3 is 2. The molecule has 6 heterocycles. The molecule has 10 nitrogen and oxygen atoms in total. The minimum absolute atomic E-state index is 0.374. The zero-order valence-electron chi connectivity index (χ0n) is 19.6. The van der Waals surface area contributed by atoms with Gasteiger partial charge in [0.1, 0.15) is 35.0 Å². The first-order chi connectivity index (χ1) is 17.1. The lowest BCUT2D eigenvalue weighted by Crippen LogP contribution is -2.14. The van der Waals surface area contributed by atoms with Gasteiger partial charge in [-0.05, 0) is 37.2 Å². The van der Waals surface area contributed by atoms with Gasteiger partial charge in [-0.2, -0.15) is 5.10 Å². The molecule has 1 aliphatic rings. The number of aromatic nitrogens is 6. The molecule has 5 aromatic rings. The van der Waals surface area contributed by atoms with Crippen molar-refractivity contribution in [3.8, 4) is 28.1 Å². The third kappa shape index (κ3) is 4.21. The Hall–Kier alpha value is -3.22. The summed E-state index contributed by atoms with van der Waals surface area (Å²) >= 11 is 3.14. The average molecular weight is 513 g/mol. The molecular formula is C23H24N6O4S2. The van der Waals surface area contributed by atoms with Crippen molar-refractivity contribution < 1.29 is 18.9 Å². The molecule has 12 heteroatoms. The lowest BCUT2D eigenvalue weighted by molar-refractivity contribution is 0.0852. The Labute approximate surface area is 209 Å². The molecule has 0 unspecified atom stereocenters. The van der Waals surface area contributed by atoms with Crippen LogP contribution in [0, 0.1) is 6.92 Å². The number of aryl methyl sites for hydroxylation is 1. The summed E-state index contributed by atoms with van der Waals surface area (Å²) in [4.78, 5) is 11.5. The van der Waals surface area contributed by atoms with Gasteiger partial charge in [0.2, 0.25) is 4.96 Å². The summed E-state index contributed by atoms with van der Waals surface area (Å²) in [5.74, 6) is 1.79. The highest BCUT2D eigenvalue weighted by molar-refractivity contribution is 7.18. The number of thiazole rings is 1. The Kier molecular flexibility index (Phi) is 5.78. The number of ether oxygens (including phenoxy) is 4. The minimum atomic E-state index is 0.374. The van der Waals surface area contributed by atoms with Crippen molar-refractivity contribution in [2.75, 3.05) is 27.4 Å². The van der Waals surface area contributed by atoms with Crippen LogP contribution < -0.4 is 14.2 Å². The molecule has 1 fully saturated rings. The van der Waals surface area contributed by atoms with Crippen molar-refractivity contribution in [2.24, 2.45) is 0 Å². The molecule has 0 bridgehead atoms. The van der Waals surface area contributed by atoms with Crippen LogP contribution in [0.3, 0.4) is 0 Å². The van der Waals surface area contributed by atoms with Crippen molar-refractivity contribution in [3.05, 3.63) is 40.1 Å². The van der Waals surface area contributed by atoms with Crippen LogP contribution in [0.1, 0.15) is 34.3 Å². The Balaban J connectivity index is 1.29. The number of nitrogens with zero attached hydrogens (tertiary/aromatic N) is 6. The SMILES string of the molecule is COc1cc(OCc2nc(C3CCOCC3)sc2C)c2cc(-c3cn4nc(OC)sc4n3)nn2c1. The summed E-state index contributed by atoms with van der Waals surface area (Å²) in [7, 11) is 3.22. The second kappa shape index (κ2) is 9.10. The topological polar surface area (TPSA) is 97.3 Å². The van der Waals surface area contributed by atoms with E-state index < -0.39 is 0 Å². The highest BCUT2D eigenvalue weighted by Crippen LogP contribution is 2.34. The molecule has 0 radical (unpaired) electrons. The van der Waals surface area contributed by atoms with Crippen LogP contribution in [0.15, 0.2) is 24.5 Å². The summed E-state index contributed by atoms with van der Waals surface area (Å²) in [6, 6.07) is 3.83. The van der Waals surface area contributed by atoms with E-state index >= 15 is 0 Å². The average Bonchev–Trinajstić information content (AvgIpc) is 3.64. The van der Waals surface area contributed by atoms with Crippen molar-refractivity contribution >= 4 is 33.2 Å². The first-order valence-corrected chi connectivity index (χ1v) is 12.9. The first kappa shape index (κ1) is 22.3. The number of pyridine rings is 1. The molecule has 1 aliphatic heterocycles. The van der Waals surface area contributed by atoms with Crippen molar-refractivity contribution in [3.63, 3.8) is 0 Å². The quantitative estimate of drug-likeness (QED) is 0.317. The predicted molar refractivity (Wildman–Crippen MR) is 132 cm³/mol. The number of hydrogen-bond acceptors (Lipinski definition) is 10. The monoisotopic (exact) mass is 512 g/mol. The van der Waals surface area contributed by atoms with Crippen LogP contribution >= 0.6 is 22.7 Å². The van der Waals surface area contributed by atoms with Crippen molar-refractivity contribution in [2.45, 2.75) is 32.3 Å². The van der Waals surface area contributed by atoms with Gasteiger partial charge < -0.3 is 18.9 Å². The van der Waals surface area contributed by atoms with Crippen LogP contribution in [-0.2, 0) is 11.3 Å². The Morgan fingerprint density at radius 3 is 2.63 bits per heavy atom. The number of fused-ring (bicyclic) bond motifs is 2. The van der Waals surface area contributed by atoms with Gasteiger partial charge in [-0.1, -0.05) is 0 Å². The maximum Gasteiger partial charge on any atom is 0.294 e. The Bertz CT molecular complexity index is 1470. The van der Waals surface area contributed by atoms with Gasteiger partial charge in [-0.15, -0.1) is 16.4 Å². The van der Waals surface area contributed by atoms with Gasteiger partial charge in [-0.3, -0.25) is 0 Å². The Morgan fingerprint density at radius 1 is 1.00 bits per heavy atom. The fraction of sp³-hybridized carbons (Fsp3) is 0.391. The first-order valence-electron chi connectivity index (χ1n) is 11.3. The van der Waals surface area contributed by atoms with E-state index in [1.54, 1.807) is 34.6 Å². The molecule has 6 rings (SSSR count). The van der Waals surface area contributed by atoms with Crippen LogP contribution in [-0.4, -0.2) is 56.6 Å². The lowest BCUT2D eigenvalue weighted by Gasteiger charge is -2.19. The second-order valence-electron chi connectivity index (χ2n) is 8.26. The van der Waals surface area contributed by atoms with Gasteiger partial charge in [-0.25, -0.2) is 19.0 Å². The van der Waals surface area contributed by atoms with E-state index in [0.29, 0.717) is 34.9 Å². The lowest BCUT2D eigenvalue weighted by atomic mass is 10.0. The zero-order chi connectivity index (χ0) is 23.9. The number of rotatable bonds is 7. The molecule has 1 saturated heterocycles. The van der Waals surface area contributed by atoms with E-state index in [1.807, 2.05) is 24.5 Å². The summed E-state index contributed by atoms with van der Waals surface area (Å²) < 4.78 is 25.9. The Morgan fingerprint density at radius 2 is 1.86 bits per heavy atom. The standard InChI is InChI=1S/C23H24N6O4S2/c1-13-18(24-21(34-13)14-4-6-32-7-5-14)12-33-20-8-15(30-2)10-28-19(20)9-16(26-28)17-11-29-22(25-17)35-23(27-29)31-3/h8-11,14H,4-7,12H2,1-3H3. The maximum atomic E-state index is 6.28. The van der Waals surface area contributed by atoms with Gasteiger partial charge in [0.15, 0.2) is 0 Å². The third-order valence-corrected chi connectivity index (χ3v) is 8.11.